The number of fused-ring (bicyclic) bond motifs is 1. The van der Waals surface area contributed by atoms with Crippen molar-refractivity contribution in [2.24, 2.45) is 5.73 Å². The lowest BCUT2D eigenvalue weighted by atomic mass is 10.0. The number of hydrogen-bond acceptors (Lipinski definition) is 3. The van der Waals surface area contributed by atoms with Crippen molar-refractivity contribution >= 4 is 34.7 Å². The normalized spacial score (nSPS) is 16.0. The highest BCUT2D eigenvalue weighted by Crippen LogP contribution is 2.37. The van der Waals surface area contributed by atoms with Crippen molar-refractivity contribution in [3.05, 3.63) is 55.7 Å². The van der Waals surface area contributed by atoms with Crippen LogP contribution in [0.25, 0.3) is 0 Å². The molecular formula is C14H12ClF2NS2. The molecule has 0 saturated heterocycles. The second-order valence-corrected chi connectivity index (χ2v) is 7.35. The van der Waals surface area contributed by atoms with Crippen molar-refractivity contribution in [2.75, 3.05) is 5.75 Å². The Bertz CT molecular complexity index is 633. The van der Waals surface area contributed by atoms with Crippen LogP contribution in [0.2, 0.25) is 5.02 Å². The Labute approximate surface area is 129 Å². The summed E-state index contributed by atoms with van der Waals surface area (Å²) in [5.41, 5.74) is 7.91. The molecule has 20 heavy (non-hydrogen) atoms. The first kappa shape index (κ1) is 14.3. The summed E-state index contributed by atoms with van der Waals surface area (Å²) in [5, 5.41) is 0.164. The molecule has 0 amide bonds. The molecule has 1 aromatic carbocycles. The first-order chi connectivity index (χ1) is 9.56. The van der Waals surface area contributed by atoms with Gasteiger partial charge in [-0.05, 0) is 41.5 Å². The Hall–Kier alpha value is -0.620. The fourth-order valence-electron chi connectivity index (χ4n) is 2.25. The van der Waals surface area contributed by atoms with Gasteiger partial charge in [-0.25, -0.2) is 8.78 Å². The topological polar surface area (TPSA) is 26.0 Å². The van der Waals surface area contributed by atoms with E-state index in [0.29, 0.717) is 5.56 Å². The summed E-state index contributed by atoms with van der Waals surface area (Å²) in [5.74, 6) is 0.239. The standard InChI is InChI=1S/C14H12ClF2NS2/c15-9-5-11(17)10(16)4-8(9)14(18)13-3-7-6-19-2-1-12(7)20-13/h3-5,14H,1-2,6,18H2. The molecule has 1 nitrogen and oxygen atoms in total. The molecular weight excluding hydrogens is 320 g/mol. The van der Waals surface area contributed by atoms with Gasteiger partial charge in [-0.15, -0.1) is 11.3 Å². The SMILES string of the molecule is NC(c1cc2c(s1)CCSC2)c1cc(F)c(F)cc1Cl. The molecule has 0 aliphatic carbocycles. The second kappa shape index (κ2) is 5.64. The van der Waals surface area contributed by atoms with Crippen molar-refractivity contribution < 1.29 is 8.78 Å². The van der Waals surface area contributed by atoms with E-state index in [4.69, 9.17) is 17.3 Å². The van der Waals surface area contributed by atoms with Crippen molar-refractivity contribution in [1.29, 1.82) is 0 Å². The van der Waals surface area contributed by atoms with Gasteiger partial charge in [-0.3, -0.25) is 0 Å². The van der Waals surface area contributed by atoms with Crippen LogP contribution in [0.1, 0.15) is 26.9 Å². The van der Waals surface area contributed by atoms with Crippen LogP contribution in [0, 0.1) is 11.6 Å². The van der Waals surface area contributed by atoms with Crippen LogP contribution < -0.4 is 5.73 Å². The molecule has 0 fully saturated rings. The molecule has 1 aliphatic rings. The summed E-state index contributed by atoms with van der Waals surface area (Å²) >= 11 is 9.53. The molecule has 106 valence electrons. The highest BCUT2D eigenvalue weighted by atomic mass is 35.5. The highest BCUT2D eigenvalue weighted by molar-refractivity contribution is 7.98. The van der Waals surface area contributed by atoms with Gasteiger partial charge in [0.2, 0.25) is 0 Å². The Morgan fingerprint density at radius 3 is 2.70 bits per heavy atom. The minimum atomic E-state index is -0.951. The van der Waals surface area contributed by atoms with E-state index in [0.717, 1.165) is 34.9 Å². The van der Waals surface area contributed by atoms with Crippen molar-refractivity contribution in [3.8, 4) is 0 Å². The molecule has 0 spiro atoms. The van der Waals surface area contributed by atoms with E-state index < -0.39 is 17.7 Å². The maximum atomic E-state index is 13.4. The van der Waals surface area contributed by atoms with Gasteiger partial charge in [-0.2, -0.15) is 11.8 Å². The summed E-state index contributed by atoms with van der Waals surface area (Å²) in [6.45, 7) is 0. The fraction of sp³-hybridized carbons (Fsp3) is 0.286. The quantitative estimate of drug-likeness (QED) is 0.819. The van der Waals surface area contributed by atoms with E-state index in [9.17, 15) is 8.78 Å². The van der Waals surface area contributed by atoms with E-state index >= 15 is 0 Å². The van der Waals surface area contributed by atoms with E-state index in [1.165, 1.54) is 10.4 Å². The number of halogens is 3. The minimum absolute atomic E-state index is 0.164. The first-order valence-electron chi connectivity index (χ1n) is 6.15. The number of nitrogens with two attached hydrogens (primary N) is 1. The Kier molecular flexibility index (Phi) is 4.04. The van der Waals surface area contributed by atoms with E-state index in [1.54, 1.807) is 11.3 Å². The third kappa shape index (κ3) is 2.60. The lowest BCUT2D eigenvalue weighted by Gasteiger charge is -2.12. The van der Waals surface area contributed by atoms with Crippen molar-refractivity contribution in [1.82, 2.24) is 0 Å². The molecule has 1 aromatic heterocycles. The molecule has 6 heteroatoms. The first-order valence-corrected chi connectivity index (χ1v) is 8.50. The zero-order valence-corrected chi connectivity index (χ0v) is 12.8. The van der Waals surface area contributed by atoms with Gasteiger partial charge in [0.15, 0.2) is 11.6 Å². The van der Waals surface area contributed by atoms with Gasteiger partial charge in [0, 0.05) is 20.5 Å². The van der Waals surface area contributed by atoms with Gasteiger partial charge < -0.3 is 5.73 Å². The number of thiophene rings is 1. The molecule has 3 rings (SSSR count). The van der Waals surface area contributed by atoms with Crippen LogP contribution in [-0.4, -0.2) is 5.75 Å². The Morgan fingerprint density at radius 2 is 1.95 bits per heavy atom. The van der Waals surface area contributed by atoms with Crippen molar-refractivity contribution in [2.45, 2.75) is 18.2 Å². The maximum absolute atomic E-state index is 13.4. The summed E-state index contributed by atoms with van der Waals surface area (Å²) in [7, 11) is 0. The third-order valence-corrected chi connectivity index (χ3v) is 5.98. The van der Waals surface area contributed by atoms with Gasteiger partial charge >= 0.3 is 0 Å². The number of benzene rings is 1. The van der Waals surface area contributed by atoms with Crippen LogP contribution in [-0.2, 0) is 12.2 Å². The molecule has 2 heterocycles. The summed E-state index contributed by atoms with van der Waals surface area (Å²) < 4.78 is 26.5. The van der Waals surface area contributed by atoms with Crippen LogP contribution in [0.3, 0.4) is 0 Å². The molecule has 0 bridgehead atoms. The van der Waals surface area contributed by atoms with E-state index in [-0.39, 0.29) is 5.02 Å². The lowest BCUT2D eigenvalue weighted by Crippen LogP contribution is -2.11. The predicted octanol–water partition coefficient (Wildman–Crippen LogP) is 4.52. The smallest absolute Gasteiger partial charge is 0.160 e. The summed E-state index contributed by atoms with van der Waals surface area (Å²) in [6.07, 6.45) is 1.04. The maximum Gasteiger partial charge on any atom is 0.160 e. The number of hydrogen-bond donors (Lipinski definition) is 1. The van der Waals surface area contributed by atoms with Crippen LogP contribution in [0.5, 0.6) is 0 Å². The van der Waals surface area contributed by atoms with Crippen molar-refractivity contribution in [3.63, 3.8) is 0 Å². The van der Waals surface area contributed by atoms with Gasteiger partial charge in [-0.1, -0.05) is 11.6 Å². The summed E-state index contributed by atoms with van der Waals surface area (Å²) in [4.78, 5) is 2.29. The summed E-state index contributed by atoms with van der Waals surface area (Å²) in [6, 6.07) is 3.62. The highest BCUT2D eigenvalue weighted by Gasteiger charge is 2.21. The van der Waals surface area contributed by atoms with E-state index in [1.807, 2.05) is 11.8 Å². The van der Waals surface area contributed by atoms with Gasteiger partial charge in [0.05, 0.1) is 6.04 Å². The molecule has 2 aromatic rings. The number of rotatable bonds is 2. The largest absolute Gasteiger partial charge is 0.320 e. The molecule has 1 aliphatic heterocycles. The fourth-order valence-corrected chi connectivity index (χ4v) is 4.92. The average molecular weight is 332 g/mol. The lowest BCUT2D eigenvalue weighted by molar-refractivity contribution is 0.506. The molecule has 0 saturated carbocycles. The number of aryl methyl sites for hydroxylation is 1. The predicted molar refractivity (Wildman–Crippen MR) is 81.6 cm³/mol. The van der Waals surface area contributed by atoms with Crippen LogP contribution in [0.15, 0.2) is 18.2 Å². The minimum Gasteiger partial charge on any atom is -0.320 e. The zero-order valence-electron chi connectivity index (χ0n) is 10.5. The average Bonchev–Trinajstić information content (AvgIpc) is 2.86. The Morgan fingerprint density at radius 1 is 1.20 bits per heavy atom. The molecule has 2 N–H and O–H groups in total. The molecule has 0 radical (unpaired) electrons. The van der Waals surface area contributed by atoms with Crippen LogP contribution in [0.4, 0.5) is 8.78 Å². The van der Waals surface area contributed by atoms with Crippen LogP contribution >= 0.6 is 34.7 Å². The molecule has 1 atom stereocenters. The zero-order chi connectivity index (χ0) is 14.3. The third-order valence-electron chi connectivity index (χ3n) is 3.33. The Balaban J connectivity index is 1.98. The monoisotopic (exact) mass is 331 g/mol. The molecule has 1 unspecified atom stereocenters. The van der Waals surface area contributed by atoms with E-state index in [2.05, 4.69) is 6.07 Å². The second-order valence-electron chi connectivity index (χ2n) is 4.67. The number of thioether (sulfide) groups is 1. The van der Waals surface area contributed by atoms with Gasteiger partial charge in [0.1, 0.15) is 0 Å². The van der Waals surface area contributed by atoms with Gasteiger partial charge in [0.25, 0.3) is 0 Å².